The smallest absolute Gasteiger partial charge is 0.335 e. The van der Waals surface area contributed by atoms with E-state index in [-0.39, 0.29) is 17.9 Å². The van der Waals surface area contributed by atoms with E-state index in [9.17, 15) is 19.2 Å². The fraction of sp³-hybridized carbons (Fsp3) is 0.0769. The first-order valence-electron chi connectivity index (χ1n) is 10.7. The number of carbonyl (C=O) groups excluding carboxylic acids is 4. The van der Waals surface area contributed by atoms with Gasteiger partial charge >= 0.3 is 6.03 Å². The standard InChI is InChI=1S/C26H20BrN3O6/c1-35-22-10-6-5-9-20(22)28-23(31)15-36-21-12-11-17(27)13-16(21)14-19-24(32)29-26(34)30(25(19)33)18-7-3-2-4-8-18/h2-14H,15H2,1H3,(H,28,31)(H,29,32,34)/b19-14-. The molecule has 4 rings (SSSR count). The van der Waals surface area contributed by atoms with E-state index in [2.05, 4.69) is 26.6 Å². The lowest BCUT2D eigenvalue weighted by molar-refractivity contribution is -0.122. The van der Waals surface area contributed by atoms with Crippen molar-refractivity contribution >= 4 is 57.1 Å². The summed E-state index contributed by atoms with van der Waals surface area (Å²) in [5, 5.41) is 4.89. The van der Waals surface area contributed by atoms with Gasteiger partial charge in [-0.2, -0.15) is 0 Å². The van der Waals surface area contributed by atoms with Crippen LogP contribution in [0.25, 0.3) is 6.08 Å². The van der Waals surface area contributed by atoms with E-state index in [0.717, 1.165) is 4.90 Å². The average Bonchev–Trinajstić information content (AvgIpc) is 2.87. The minimum atomic E-state index is -0.841. The number of amides is 5. The Morgan fingerprint density at radius 3 is 2.47 bits per heavy atom. The predicted molar refractivity (Wildman–Crippen MR) is 137 cm³/mol. The van der Waals surface area contributed by atoms with Crippen LogP contribution in [0.3, 0.4) is 0 Å². The number of ether oxygens (including phenoxy) is 2. The van der Waals surface area contributed by atoms with Crippen molar-refractivity contribution in [2.75, 3.05) is 23.9 Å². The monoisotopic (exact) mass is 549 g/mol. The molecule has 36 heavy (non-hydrogen) atoms. The van der Waals surface area contributed by atoms with Gasteiger partial charge in [0.15, 0.2) is 6.61 Å². The second-order valence-electron chi connectivity index (χ2n) is 7.51. The maximum atomic E-state index is 13.1. The van der Waals surface area contributed by atoms with Crippen LogP contribution in [0.5, 0.6) is 11.5 Å². The summed E-state index contributed by atoms with van der Waals surface area (Å²) in [5.74, 6) is -1.30. The SMILES string of the molecule is COc1ccccc1NC(=O)COc1ccc(Br)cc1/C=C1/C(=O)NC(=O)N(c2ccccc2)C1=O. The minimum absolute atomic E-state index is 0.254. The number of barbiturate groups is 1. The number of halogens is 1. The highest BCUT2D eigenvalue weighted by Crippen LogP contribution is 2.28. The zero-order chi connectivity index (χ0) is 25.7. The Morgan fingerprint density at radius 2 is 1.72 bits per heavy atom. The van der Waals surface area contributed by atoms with E-state index < -0.39 is 23.8 Å². The van der Waals surface area contributed by atoms with Crippen molar-refractivity contribution in [3.8, 4) is 11.5 Å². The number of hydrogen-bond donors (Lipinski definition) is 2. The van der Waals surface area contributed by atoms with Crippen LogP contribution in [0.4, 0.5) is 16.2 Å². The second-order valence-corrected chi connectivity index (χ2v) is 8.43. The molecule has 0 bridgehead atoms. The quantitative estimate of drug-likeness (QED) is 0.338. The lowest BCUT2D eigenvalue weighted by Gasteiger charge is -2.26. The van der Waals surface area contributed by atoms with Gasteiger partial charge in [-0.3, -0.25) is 19.7 Å². The molecule has 9 nitrogen and oxygen atoms in total. The molecule has 0 radical (unpaired) electrons. The van der Waals surface area contributed by atoms with E-state index in [0.29, 0.717) is 27.2 Å². The third kappa shape index (κ3) is 5.44. The molecular weight excluding hydrogens is 530 g/mol. The van der Waals surface area contributed by atoms with Gasteiger partial charge in [0.1, 0.15) is 17.1 Å². The van der Waals surface area contributed by atoms with Crippen LogP contribution in [0.1, 0.15) is 5.56 Å². The molecule has 1 aliphatic rings. The molecule has 1 aliphatic heterocycles. The summed E-state index contributed by atoms with van der Waals surface area (Å²) in [7, 11) is 1.50. The fourth-order valence-corrected chi connectivity index (χ4v) is 3.84. The summed E-state index contributed by atoms with van der Waals surface area (Å²) in [6.07, 6.45) is 1.32. The number of anilines is 2. The lowest BCUT2D eigenvalue weighted by atomic mass is 10.1. The molecule has 182 valence electrons. The number of imide groups is 2. The Bertz CT molecular complexity index is 1370. The van der Waals surface area contributed by atoms with Gasteiger partial charge in [0.2, 0.25) is 0 Å². The molecule has 3 aromatic rings. The van der Waals surface area contributed by atoms with Crippen LogP contribution in [0.2, 0.25) is 0 Å². The van der Waals surface area contributed by atoms with Gasteiger partial charge in [-0.05, 0) is 48.5 Å². The third-order valence-corrected chi connectivity index (χ3v) is 5.62. The van der Waals surface area contributed by atoms with Gasteiger partial charge in [-0.15, -0.1) is 0 Å². The number of carbonyl (C=O) groups is 4. The van der Waals surface area contributed by atoms with E-state index in [1.54, 1.807) is 72.8 Å². The first-order chi connectivity index (χ1) is 17.4. The number of hydrogen-bond acceptors (Lipinski definition) is 6. The highest BCUT2D eigenvalue weighted by molar-refractivity contribution is 9.10. The molecule has 0 aliphatic carbocycles. The number of rotatable bonds is 7. The fourth-order valence-electron chi connectivity index (χ4n) is 3.47. The summed E-state index contributed by atoms with van der Waals surface area (Å²) in [4.78, 5) is 51.4. The zero-order valence-electron chi connectivity index (χ0n) is 19.0. The number of nitrogens with one attached hydrogen (secondary N) is 2. The highest BCUT2D eigenvalue weighted by Gasteiger charge is 2.36. The molecule has 5 amide bonds. The number of nitrogens with zero attached hydrogens (tertiary/aromatic N) is 1. The van der Waals surface area contributed by atoms with E-state index in [4.69, 9.17) is 9.47 Å². The van der Waals surface area contributed by atoms with Crippen molar-refractivity contribution < 1.29 is 28.7 Å². The maximum Gasteiger partial charge on any atom is 0.335 e. The van der Waals surface area contributed by atoms with Gasteiger partial charge in [0.05, 0.1) is 18.5 Å². The van der Waals surface area contributed by atoms with Crippen LogP contribution in [0, 0.1) is 0 Å². The normalized spacial score (nSPS) is 14.4. The first kappa shape index (κ1) is 24.7. The van der Waals surface area contributed by atoms with Crippen LogP contribution in [0.15, 0.2) is 82.8 Å². The Balaban J connectivity index is 1.57. The number of methoxy groups -OCH3 is 1. The molecule has 1 saturated heterocycles. The summed E-state index contributed by atoms with van der Waals surface area (Å²) in [6.45, 7) is -0.343. The van der Waals surface area contributed by atoms with Crippen LogP contribution in [-0.4, -0.2) is 37.5 Å². The number of benzene rings is 3. The Morgan fingerprint density at radius 1 is 1.00 bits per heavy atom. The van der Waals surface area contributed by atoms with Crippen molar-refractivity contribution in [3.05, 3.63) is 88.4 Å². The van der Waals surface area contributed by atoms with Crippen molar-refractivity contribution in [2.24, 2.45) is 0 Å². The van der Waals surface area contributed by atoms with E-state index in [1.807, 2.05) is 0 Å². The average molecular weight is 550 g/mol. The van der Waals surface area contributed by atoms with Crippen molar-refractivity contribution in [2.45, 2.75) is 0 Å². The molecule has 2 N–H and O–H groups in total. The van der Waals surface area contributed by atoms with Gasteiger partial charge < -0.3 is 14.8 Å². The predicted octanol–water partition coefficient (Wildman–Crippen LogP) is 4.14. The van der Waals surface area contributed by atoms with Crippen molar-refractivity contribution in [3.63, 3.8) is 0 Å². The summed E-state index contributed by atoms with van der Waals surface area (Å²) >= 11 is 3.36. The molecule has 10 heteroatoms. The van der Waals surface area contributed by atoms with E-state index in [1.165, 1.54) is 13.2 Å². The van der Waals surface area contributed by atoms with Crippen molar-refractivity contribution in [1.29, 1.82) is 0 Å². The first-order valence-corrected chi connectivity index (χ1v) is 11.5. The summed E-state index contributed by atoms with van der Waals surface area (Å²) < 4.78 is 11.6. The van der Waals surface area contributed by atoms with Gasteiger partial charge in [-0.25, -0.2) is 9.69 Å². The maximum absolute atomic E-state index is 13.1. The molecule has 3 aromatic carbocycles. The topological polar surface area (TPSA) is 114 Å². The van der Waals surface area contributed by atoms with Gasteiger partial charge in [0.25, 0.3) is 17.7 Å². The highest BCUT2D eigenvalue weighted by atomic mass is 79.9. The van der Waals surface area contributed by atoms with E-state index >= 15 is 0 Å². The molecule has 0 aromatic heterocycles. The van der Waals surface area contributed by atoms with Crippen LogP contribution in [-0.2, 0) is 14.4 Å². The Kier molecular flexibility index (Phi) is 7.45. The number of urea groups is 1. The largest absolute Gasteiger partial charge is 0.495 e. The van der Waals surface area contributed by atoms with Crippen LogP contribution >= 0.6 is 15.9 Å². The summed E-state index contributed by atoms with van der Waals surface area (Å²) in [6, 6.07) is 19.3. The van der Waals surface area contributed by atoms with Gasteiger partial charge in [0, 0.05) is 10.0 Å². The lowest BCUT2D eigenvalue weighted by Crippen LogP contribution is -2.54. The molecule has 1 heterocycles. The molecule has 0 spiro atoms. The molecular formula is C26H20BrN3O6. The number of para-hydroxylation sites is 3. The Hall–Kier alpha value is -4.44. The third-order valence-electron chi connectivity index (χ3n) is 5.13. The van der Waals surface area contributed by atoms with Crippen LogP contribution < -0.4 is 25.0 Å². The molecule has 0 saturated carbocycles. The minimum Gasteiger partial charge on any atom is -0.495 e. The Labute approximate surface area is 214 Å². The molecule has 0 unspecified atom stereocenters. The zero-order valence-corrected chi connectivity index (χ0v) is 20.6. The second kappa shape index (κ2) is 10.9. The molecule has 0 atom stereocenters. The molecule has 1 fully saturated rings. The summed E-state index contributed by atoms with van der Waals surface area (Å²) in [5.41, 5.74) is 0.897. The van der Waals surface area contributed by atoms with Crippen molar-refractivity contribution in [1.82, 2.24) is 5.32 Å². The van der Waals surface area contributed by atoms with Gasteiger partial charge in [-0.1, -0.05) is 46.3 Å².